The van der Waals surface area contributed by atoms with Gasteiger partial charge in [-0.15, -0.1) is 0 Å². The number of fused-ring (bicyclic) bond motifs is 1. The molecular weight excluding hydrogens is 452 g/mol. The Morgan fingerprint density at radius 2 is 1.79 bits per heavy atom. The lowest BCUT2D eigenvalue weighted by atomic mass is 10.1. The lowest BCUT2D eigenvalue weighted by Crippen LogP contribution is -2.17. The van der Waals surface area contributed by atoms with Gasteiger partial charge in [0, 0.05) is 18.9 Å². The third kappa shape index (κ3) is 4.70. The Hall–Kier alpha value is -3.95. The van der Waals surface area contributed by atoms with Crippen LogP contribution in [-0.4, -0.2) is 20.4 Å². The Bertz CT molecular complexity index is 1370. The van der Waals surface area contributed by atoms with Crippen LogP contribution in [0.4, 0.5) is 23.2 Å². The lowest BCUT2D eigenvalue weighted by molar-refractivity contribution is -0.140. The number of nitrogens with zero attached hydrogens (tertiary/aromatic N) is 3. The van der Waals surface area contributed by atoms with E-state index in [-0.39, 0.29) is 12.0 Å². The number of alkyl halides is 3. The van der Waals surface area contributed by atoms with Crippen LogP contribution in [0.5, 0.6) is 11.6 Å². The molecule has 2 heterocycles. The number of anilines is 1. The van der Waals surface area contributed by atoms with Crippen molar-refractivity contribution in [3.8, 4) is 11.6 Å². The van der Waals surface area contributed by atoms with Crippen molar-refractivity contribution in [2.75, 3.05) is 5.32 Å². The van der Waals surface area contributed by atoms with Gasteiger partial charge >= 0.3 is 6.18 Å². The summed E-state index contributed by atoms with van der Waals surface area (Å²) in [7, 11) is 1.87. The normalized spacial score (nSPS) is 11.6. The molecule has 0 aliphatic carbocycles. The molecule has 176 valence electrons. The van der Waals surface area contributed by atoms with Crippen LogP contribution >= 0.6 is 0 Å². The molecule has 0 saturated heterocycles. The molecule has 0 aliphatic heterocycles. The van der Waals surface area contributed by atoms with Gasteiger partial charge in [0.1, 0.15) is 23.5 Å². The van der Waals surface area contributed by atoms with Crippen molar-refractivity contribution >= 4 is 22.6 Å². The van der Waals surface area contributed by atoms with Gasteiger partial charge < -0.3 is 14.6 Å². The third-order valence-electron chi connectivity index (χ3n) is 5.31. The number of aromatic nitrogens is 3. The van der Waals surface area contributed by atoms with Gasteiger partial charge in [0.2, 0.25) is 11.8 Å². The van der Waals surface area contributed by atoms with Crippen LogP contribution < -0.4 is 10.1 Å². The van der Waals surface area contributed by atoms with E-state index in [9.17, 15) is 22.4 Å². The van der Waals surface area contributed by atoms with Gasteiger partial charge in [0.05, 0.1) is 17.4 Å². The minimum absolute atomic E-state index is 0.133. The molecule has 4 aromatic rings. The van der Waals surface area contributed by atoms with Crippen molar-refractivity contribution in [3.05, 3.63) is 77.0 Å². The Morgan fingerprint density at radius 1 is 1.09 bits per heavy atom. The maximum Gasteiger partial charge on any atom is 0.419 e. The van der Waals surface area contributed by atoms with E-state index in [0.29, 0.717) is 34.5 Å². The molecule has 0 aliphatic rings. The van der Waals surface area contributed by atoms with Crippen LogP contribution in [0.3, 0.4) is 0 Å². The van der Waals surface area contributed by atoms with Crippen LogP contribution in [-0.2, 0) is 24.4 Å². The third-order valence-corrected chi connectivity index (χ3v) is 5.31. The second-order valence-corrected chi connectivity index (χ2v) is 7.91. The number of carbonyl (C=O) groups excluding carboxylic acids is 1. The number of halogens is 4. The number of rotatable bonds is 5. The van der Waals surface area contributed by atoms with Gasteiger partial charge in [-0.05, 0) is 60.9 Å². The summed E-state index contributed by atoms with van der Waals surface area (Å²) in [6.45, 7) is 3.57. The number of aryl methyl sites for hydroxylation is 3. The average molecular weight is 472 g/mol. The van der Waals surface area contributed by atoms with Gasteiger partial charge in [-0.3, -0.25) is 4.79 Å². The van der Waals surface area contributed by atoms with E-state index in [2.05, 4.69) is 15.3 Å². The highest BCUT2D eigenvalue weighted by molar-refractivity contribution is 5.94. The van der Waals surface area contributed by atoms with E-state index >= 15 is 0 Å². The summed E-state index contributed by atoms with van der Waals surface area (Å²) in [5, 5.41) is 3.50. The van der Waals surface area contributed by atoms with Crippen LogP contribution in [0.2, 0.25) is 0 Å². The molecule has 0 radical (unpaired) electrons. The highest BCUT2D eigenvalue weighted by atomic mass is 19.4. The Morgan fingerprint density at radius 3 is 2.44 bits per heavy atom. The Balaban J connectivity index is 1.50. The summed E-state index contributed by atoms with van der Waals surface area (Å²) in [4.78, 5) is 20.9. The number of nitrogens with one attached hydrogen (secondary N) is 1. The zero-order valence-corrected chi connectivity index (χ0v) is 18.5. The lowest BCUT2D eigenvalue weighted by Gasteiger charge is -2.15. The van der Waals surface area contributed by atoms with E-state index < -0.39 is 23.5 Å². The van der Waals surface area contributed by atoms with Crippen LogP contribution in [0.1, 0.15) is 22.3 Å². The largest absolute Gasteiger partial charge is 0.438 e. The zero-order valence-electron chi connectivity index (χ0n) is 18.5. The fraction of sp³-hybridized carbons (Fsp3) is 0.208. The fourth-order valence-electron chi connectivity index (χ4n) is 3.69. The van der Waals surface area contributed by atoms with Gasteiger partial charge in [-0.2, -0.15) is 13.2 Å². The quantitative estimate of drug-likeness (QED) is 0.378. The van der Waals surface area contributed by atoms with E-state index in [1.807, 2.05) is 23.9 Å². The molecular formula is C24H20F4N4O2. The van der Waals surface area contributed by atoms with Gasteiger partial charge in [0.25, 0.3) is 0 Å². The van der Waals surface area contributed by atoms with Crippen molar-refractivity contribution in [2.45, 2.75) is 26.4 Å². The molecule has 6 nitrogen and oxygen atoms in total. The summed E-state index contributed by atoms with van der Waals surface area (Å²) < 4.78 is 59.8. The highest BCUT2D eigenvalue weighted by Gasteiger charge is 2.34. The van der Waals surface area contributed by atoms with Crippen LogP contribution in [0, 0.1) is 19.7 Å². The molecule has 0 atom stereocenters. The summed E-state index contributed by atoms with van der Waals surface area (Å²) in [6, 6.07) is 7.77. The molecule has 1 N–H and O–H groups in total. The monoisotopic (exact) mass is 472 g/mol. The predicted molar refractivity (Wildman–Crippen MR) is 118 cm³/mol. The Labute approximate surface area is 192 Å². The van der Waals surface area contributed by atoms with Gasteiger partial charge in [-0.25, -0.2) is 14.4 Å². The zero-order chi connectivity index (χ0) is 24.6. The molecule has 0 spiro atoms. The number of carbonyl (C=O) groups is 1. The minimum atomic E-state index is -4.79. The standard InChI is InChI=1S/C24H20F4N4O2/c1-13-8-16(34-23-17-6-7-32(3)22(17)29-12-30-23)9-14(2)21(13)31-20(33)11-15-4-5-18(19(25)10-15)24(26,27)28/h4-10,12H,11H2,1-3H3,(H,31,33). The first-order valence-electron chi connectivity index (χ1n) is 10.2. The molecule has 2 aromatic carbocycles. The summed E-state index contributed by atoms with van der Waals surface area (Å²) in [5.74, 6) is -0.989. The Kier molecular flexibility index (Phi) is 5.99. The maximum atomic E-state index is 13.8. The topological polar surface area (TPSA) is 69.0 Å². The number of hydrogen-bond donors (Lipinski definition) is 1. The van der Waals surface area contributed by atoms with E-state index in [0.717, 1.165) is 23.2 Å². The van der Waals surface area contributed by atoms with Gasteiger partial charge in [0.15, 0.2) is 0 Å². The number of amides is 1. The molecule has 0 fully saturated rings. The molecule has 2 aromatic heterocycles. The molecule has 0 bridgehead atoms. The molecule has 10 heteroatoms. The second-order valence-electron chi connectivity index (χ2n) is 7.91. The molecule has 4 rings (SSSR count). The number of ether oxygens (including phenoxy) is 1. The van der Waals surface area contributed by atoms with Crippen molar-refractivity contribution in [1.29, 1.82) is 0 Å². The molecule has 0 unspecified atom stereocenters. The summed E-state index contributed by atoms with van der Waals surface area (Å²) in [6.07, 6.45) is -1.81. The van der Waals surface area contributed by atoms with E-state index in [4.69, 9.17) is 4.74 Å². The molecule has 34 heavy (non-hydrogen) atoms. The summed E-state index contributed by atoms with van der Waals surface area (Å²) in [5.41, 5.74) is 1.45. The van der Waals surface area contributed by atoms with Crippen LogP contribution in [0.15, 0.2) is 48.9 Å². The minimum Gasteiger partial charge on any atom is -0.438 e. The molecule has 1 amide bonds. The van der Waals surface area contributed by atoms with Gasteiger partial charge in [-0.1, -0.05) is 6.07 Å². The second kappa shape index (κ2) is 8.77. The van der Waals surface area contributed by atoms with Crippen LogP contribution in [0.25, 0.3) is 11.0 Å². The SMILES string of the molecule is Cc1cc(Oc2ncnc3c2ccn3C)cc(C)c1NC(=O)Cc1ccc(C(F)(F)F)c(F)c1. The first-order chi connectivity index (χ1) is 16.0. The van der Waals surface area contributed by atoms with Crippen molar-refractivity contribution in [3.63, 3.8) is 0 Å². The summed E-state index contributed by atoms with van der Waals surface area (Å²) >= 11 is 0. The fourth-order valence-corrected chi connectivity index (χ4v) is 3.69. The highest BCUT2D eigenvalue weighted by Crippen LogP contribution is 2.33. The van der Waals surface area contributed by atoms with Crippen molar-refractivity contribution < 1.29 is 27.1 Å². The van der Waals surface area contributed by atoms with E-state index in [1.165, 1.54) is 6.33 Å². The van der Waals surface area contributed by atoms with Crippen molar-refractivity contribution in [2.24, 2.45) is 7.05 Å². The average Bonchev–Trinajstić information content (AvgIpc) is 3.12. The predicted octanol–water partition coefficient (Wildman–Crippen LogP) is 5.72. The first-order valence-corrected chi connectivity index (χ1v) is 10.2. The smallest absolute Gasteiger partial charge is 0.419 e. The first kappa shape index (κ1) is 23.2. The maximum absolute atomic E-state index is 13.8. The number of hydrogen-bond acceptors (Lipinski definition) is 4. The van der Waals surface area contributed by atoms with E-state index in [1.54, 1.807) is 26.0 Å². The number of benzene rings is 2. The molecule has 0 saturated carbocycles. The van der Waals surface area contributed by atoms with Crippen molar-refractivity contribution in [1.82, 2.24) is 14.5 Å².